The summed E-state index contributed by atoms with van der Waals surface area (Å²) in [7, 11) is 2.10. The molecule has 0 aliphatic heterocycles. The van der Waals surface area contributed by atoms with E-state index in [2.05, 4.69) is 43.1 Å². The van der Waals surface area contributed by atoms with Crippen LogP contribution in [0, 0.1) is 0 Å². The van der Waals surface area contributed by atoms with E-state index in [0.29, 0.717) is 19.6 Å². The molecule has 29 heavy (non-hydrogen) atoms. The minimum atomic E-state index is -0.550. The van der Waals surface area contributed by atoms with Gasteiger partial charge in [0.2, 0.25) is 0 Å². The minimum absolute atomic E-state index is 0.0439. The van der Waals surface area contributed by atoms with Crippen LogP contribution in [0.4, 0.5) is 0 Å². The van der Waals surface area contributed by atoms with Gasteiger partial charge in [0.05, 0.1) is 37.6 Å². The van der Waals surface area contributed by atoms with Crippen molar-refractivity contribution in [2.24, 2.45) is 0 Å². The molecule has 4 nitrogen and oxygen atoms in total. The number of nitrogens with zero attached hydrogens (tertiary/aromatic N) is 1. The second-order valence-electron chi connectivity index (χ2n) is 8.07. The van der Waals surface area contributed by atoms with Gasteiger partial charge in [-0.2, -0.15) is 0 Å². The van der Waals surface area contributed by atoms with Crippen LogP contribution in [0.2, 0.25) is 0 Å². The van der Waals surface area contributed by atoms with Gasteiger partial charge in [0.15, 0.2) is 0 Å². The average Bonchev–Trinajstić information content (AvgIpc) is 3.07. The number of aliphatic hydroxyl groups excluding tert-OH is 1. The molecular weight excluding hydrogens is 362 g/mol. The monoisotopic (exact) mass is 397 g/mol. The Kier molecular flexibility index (Phi) is 8.69. The molecule has 3 rings (SSSR count). The van der Waals surface area contributed by atoms with Crippen LogP contribution in [-0.4, -0.2) is 48.0 Å². The molecule has 4 unspecified atom stereocenters. The van der Waals surface area contributed by atoms with Crippen molar-refractivity contribution in [3.8, 4) is 0 Å². The normalized spacial score (nSPS) is 24.3. The van der Waals surface area contributed by atoms with E-state index in [0.717, 1.165) is 24.1 Å². The summed E-state index contributed by atoms with van der Waals surface area (Å²) >= 11 is 0. The largest absolute Gasteiger partial charge is 0.389 e. The van der Waals surface area contributed by atoms with Crippen LogP contribution in [0.15, 0.2) is 60.7 Å². The summed E-state index contributed by atoms with van der Waals surface area (Å²) in [6, 6.07) is 20.3. The Morgan fingerprint density at radius 2 is 1.41 bits per heavy atom. The summed E-state index contributed by atoms with van der Waals surface area (Å²) in [4.78, 5) is 2.27. The molecule has 0 spiro atoms. The quantitative estimate of drug-likeness (QED) is 0.570. The Balaban J connectivity index is 1.63. The van der Waals surface area contributed by atoms with Crippen molar-refractivity contribution in [3.63, 3.8) is 0 Å². The second kappa shape index (κ2) is 11.5. The van der Waals surface area contributed by atoms with Crippen molar-refractivity contribution in [1.82, 2.24) is 4.90 Å². The van der Waals surface area contributed by atoms with Crippen LogP contribution in [0.5, 0.6) is 0 Å². The van der Waals surface area contributed by atoms with Crippen LogP contribution >= 0.6 is 0 Å². The van der Waals surface area contributed by atoms with E-state index in [9.17, 15) is 5.11 Å². The lowest BCUT2D eigenvalue weighted by atomic mass is 10.1. The molecule has 1 saturated carbocycles. The molecule has 0 heterocycles. The van der Waals surface area contributed by atoms with Gasteiger partial charge < -0.3 is 14.6 Å². The fourth-order valence-electron chi connectivity index (χ4n) is 4.14. The number of hydrogen-bond donors (Lipinski definition) is 1. The molecule has 2 aromatic rings. The molecule has 0 amide bonds. The fourth-order valence-corrected chi connectivity index (χ4v) is 4.14. The lowest BCUT2D eigenvalue weighted by molar-refractivity contribution is -0.0531. The lowest BCUT2D eigenvalue weighted by Crippen LogP contribution is -2.47. The van der Waals surface area contributed by atoms with Gasteiger partial charge in [-0.15, -0.1) is 0 Å². The third-order valence-corrected chi connectivity index (χ3v) is 5.81. The summed E-state index contributed by atoms with van der Waals surface area (Å²) in [5, 5.41) is 11.1. The Morgan fingerprint density at radius 3 is 1.97 bits per heavy atom. The maximum Gasteiger partial charge on any atom is 0.0982 e. The first-order valence-electron chi connectivity index (χ1n) is 10.9. The summed E-state index contributed by atoms with van der Waals surface area (Å²) in [6.07, 6.45) is 3.44. The zero-order chi connectivity index (χ0) is 20.5. The number of rotatable bonds is 11. The first kappa shape index (κ1) is 22.0. The molecule has 4 atom stereocenters. The summed E-state index contributed by atoms with van der Waals surface area (Å²) in [6.45, 7) is 4.25. The molecule has 0 bridgehead atoms. The van der Waals surface area contributed by atoms with Crippen LogP contribution in [0.3, 0.4) is 0 Å². The molecular formula is C25H35NO3. The highest BCUT2D eigenvalue weighted by Crippen LogP contribution is 2.31. The van der Waals surface area contributed by atoms with Crippen molar-refractivity contribution in [3.05, 3.63) is 71.8 Å². The molecule has 2 aromatic carbocycles. The van der Waals surface area contributed by atoms with Gasteiger partial charge in [0.25, 0.3) is 0 Å². The van der Waals surface area contributed by atoms with Crippen LogP contribution in [0.25, 0.3) is 0 Å². The third kappa shape index (κ3) is 6.38. The summed E-state index contributed by atoms with van der Waals surface area (Å²) in [5.74, 6) is 0. The van der Waals surface area contributed by atoms with Crippen molar-refractivity contribution >= 4 is 0 Å². The van der Waals surface area contributed by atoms with E-state index in [-0.39, 0.29) is 18.2 Å². The van der Waals surface area contributed by atoms with E-state index >= 15 is 0 Å². The first-order chi connectivity index (χ1) is 14.2. The highest BCUT2D eigenvalue weighted by molar-refractivity contribution is 5.14. The van der Waals surface area contributed by atoms with Crippen LogP contribution in [0.1, 0.15) is 43.7 Å². The molecule has 0 saturated heterocycles. The zero-order valence-electron chi connectivity index (χ0n) is 17.7. The Hall–Kier alpha value is -1.72. The van der Waals surface area contributed by atoms with Gasteiger partial charge >= 0.3 is 0 Å². The van der Waals surface area contributed by atoms with Crippen molar-refractivity contribution in [2.75, 3.05) is 13.6 Å². The molecule has 1 aliphatic carbocycles. The number of hydrogen-bond acceptors (Lipinski definition) is 4. The lowest BCUT2D eigenvalue weighted by Gasteiger charge is -2.32. The number of benzene rings is 2. The fraction of sp³-hybridized carbons (Fsp3) is 0.520. The minimum Gasteiger partial charge on any atom is -0.389 e. The molecule has 0 aromatic heterocycles. The number of ether oxygens (including phenoxy) is 2. The Labute approximate surface area is 175 Å². The van der Waals surface area contributed by atoms with Gasteiger partial charge in [-0.25, -0.2) is 0 Å². The van der Waals surface area contributed by atoms with Gasteiger partial charge in [-0.05, 0) is 31.1 Å². The maximum atomic E-state index is 11.1. The first-order valence-corrected chi connectivity index (χ1v) is 10.9. The van der Waals surface area contributed by atoms with Crippen LogP contribution < -0.4 is 0 Å². The summed E-state index contributed by atoms with van der Waals surface area (Å²) < 4.78 is 12.4. The zero-order valence-corrected chi connectivity index (χ0v) is 17.7. The van der Waals surface area contributed by atoms with Gasteiger partial charge in [0.1, 0.15) is 0 Å². The van der Waals surface area contributed by atoms with Gasteiger partial charge in [-0.3, -0.25) is 4.90 Å². The molecule has 1 aliphatic rings. The molecule has 1 N–H and O–H groups in total. The van der Waals surface area contributed by atoms with Gasteiger partial charge in [0, 0.05) is 6.42 Å². The Morgan fingerprint density at radius 1 is 0.862 bits per heavy atom. The van der Waals surface area contributed by atoms with Gasteiger partial charge in [-0.1, -0.05) is 80.4 Å². The van der Waals surface area contributed by atoms with Crippen molar-refractivity contribution in [1.29, 1.82) is 0 Å². The van der Waals surface area contributed by atoms with E-state index < -0.39 is 6.10 Å². The molecule has 4 heteroatoms. The third-order valence-electron chi connectivity index (χ3n) is 5.81. The van der Waals surface area contributed by atoms with Crippen molar-refractivity contribution in [2.45, 2.75) is 70.2 Å². The second-order valence-corrected chi connectivity index (χ2v) is 8.07. The average molecular weight is 398 g/mol. The highest BCUT2D eigenvalue weighted by atomic mass is 16.5. The summed E-state index contributed by atoms with van der Waals surface area (Å²) in [5.41, 5.74) is 2.28. The predicted molar refractivity (Wildman–Crippen MR) is 117 cm³/mol. The number of aliphatic hydroxyl groups is 1. The highest BCUT2D eigenvalue weighted by Gasteiger charge is 2.45. The molecule has 1 fully saturated rings. The van der Waals surface area contributed by atoms with E-state index in [1.54, 1.807) is 0 Å². The SMILES string of the molecule is CCCCCN(C)C1C(OCc2ccccc2)CC(OCc2ccccc2)C1O. The topological polar surface area (TPSA) is 41.9 Å². The molecule has 0 radical (unpaired) electrons. The number of likely N-dealkylation sites (N-methyl/N-ethyl adjacent to an activating group) is 1. The Bertz CT molecular complexity index is 694. The smallest absolute Gasteiger partial charge is 0.0982 e. The maximum absolute atomic E-state index is 11.1. The van der Waals surface area contributed by atoms with E-state index in [4.69, 9.17) is 9.47 Å². The van der Waals surface area contributed by atoms with E-state index in [1.165, 1.54) is 12.8 Å². The van der Waals surface area contributed by atoms with E-state index in [1.807, 2.05) is 36.4 Å². The number of unbranched alkanes of at least 4 members (excludes halogenated alkanes) is 2. The predicted octanol–water partition coefficient (Wildman–Crippen LogP) is 4.41. The van der Waals surface area contributed by atoms with Crippen LogP contribution in [-0.2, 0) is 22.7 Å². The molecule has 158 valence electrons. The standard InChI is InChI=1S/C25H35NO3/c1-3-4-11-16-26(2)24-22(28-18-20-12-7-5-8-13-20)17-23(25(24)27)29-19-21-14-9-6-10-15-21/h5-10,12-15,22-25,27H,3-4,11,16-19H2,1-2H3. The van der Waals surface area contributed by atoms with Crippen molar-refractivity contribution < 1.29 is 14.6 Å².